The second-order valence-corrected chi connectivity index (χ2v) is 8.68. The zero-order chi connectivity index (χ0) is 20.9. The van der Waals surface area contributed by atoms with Crippen LogP contribution in [-0.4, -0.2) is 50.2 Å². The lowest BCUT2D eigenvalue weighted by molar-refractivity contribution is -0.144. The summed E-state index contributed by atoms with van der Waals surface area (Å²) >= 11 is 0. The number of carbonyl (C=O) groups is 1. The van der Waals surface area contributed by atoms with Crippen molar-refractivity contribution < 1.29 is 9.53 Å². The first kappa shape index (κ1) is 20.9. The number of benzene rings is 2. The quantitative estimate of drug-likeness (QED) is 0.822. The predicted octanol–water partition coefficient (Wildman–Crippen LogP) is 3.61. The number of rotatable bonds is 5. The Kier molecular flexibility index (Phi) is 6.70. The maximum absolute atomic E-state index is 13.0. The molecule has 2 heterocycles. The van der Waals surface area contributed by atoms with Crippen LogP contribution < -0.4 is 10.2 Å². The fraction of sp³-hybridized carbons (Fsp3) is 0.480. The summed E-state index contributed by atoms with van der Waals surface area (Å²) in [6.07, 6.45) is 2.02. The highest BCUT2D eigenvalue weighted by Crippen LogP contribution is 2.28. The SMILES string of the molecule is CC1CCN(c2ccc(CNC(=O)C3OCCN(C)C3c3ccccc3)cc2)CC1. The van der Waals surface area contributed by atoms with Gasteiger partial charge in [-0.05, 0) is 49.1 Å². The Balaban J connectivity index is 1.36. The van der Waals surface area contributed by atoms with Gasteiger partial charge in [-0.1, -0.05) is 49.4 Å². The molecule has 1 amide bonds. The second kappa shape index (κ2) is 9.63. The summed E-state index contributed by atoms with van der Waals surface area (Å²) < 4.78 is 5.91. The molecule has 2 saturated heterocycles. The number of amides is 1. The molecule has 0 spiro atoms. The Morgan fingerprint density at radius 1 is 1.03 bits per heavy atom. The Labute approximate surface area is 180 Å². The lowest BCUT2D eigenvalue weighted by Crippen LogP contribution is -2.50. The number of carbonyl (C=O) groups excluding carboxylic acids is 1. The molecule has 0 saturated carbocycles. The molecule has 2 aliphatic heterocycles. The van der Waals surface area contributed by atoms with E-state index in [9.17, 15) is 4.79 Å². The fourth-order valence-electron chi connectivity index (χ4n) is 4.46. The number of anilines is 1. The van der Waals surface area contributed by atoms with Crippen LogP contribution in [0, 0.1) is 5.92 Å². The van der Waals surface area contributed by atoms with Gasteiger partial charge in [0.15, 0.2) is 6.10 Å². The fourth-order valence-corrected chi connectivity index (χ4v) is 4.46. The van der Waals surface area contributed by atoms with Gasteiger partial charge in [0.05, 0.1) is 12.6 Å². The minimum absolute atomic E-state index is 0.0514. The maximum Gasteiger partial charge on any atom is 0.251 e. The molecule has 2 atom stereocenters. The van der Waals surface area contributed by atoms with Crippen LogP contribution in [0.2, 0.25) is 0 Å². The van der Waals surface area contributed by atoms with Gasteiger partial charge < -0.3 is 15.0 Å². The highest BCUT2D eigenvalue weighted by atomic mass is 16.5. The molecular weight excluding hydrogens is 374 g/mol. The molecular formula is C25H33N3O2. The summed E-state index contributed by atoms with van der Waals surface area (Å²) in [7, 11) is 2.06. The molecule has 1 N–H and O–H groups in total. The lowest BCUT2D eigenvalue weighted by Gasteiger charge is -2.38. The van der Waals surface area contributed by atoms with E-state index < -0.39 is 6.10 Å². The third-order valence-corrected chi connectivity index (χ3v) is 6.45. The minimum atomic E-state index is -0.499. The van der Waals surface area contributed by atoms with E-state index in [0.717, 1.165) is 36.7 Å². The number of piperidine rings is 1. The highest BCUT2D eigenvalue weighted by molar-refractivity contribution is 5.82. The van der Waals surface area contributed by atoms with Gasteiger partial charge >= 0.3 is 0 Å². The number of hydrogen-bond acceptors (Lipinski definition) is 4. The topological polar surface area (TPSA) is 44.8 Å². The van der Waals surface area contributed by atoms with Crippen LogP contribution >= 0.6 is 0 Å². The van der Waals surface area contributed by atoms with Crippen molar-refractivity contribution in [2.45, 2.75) is 38.5 Å². The van der Waals surface area contributed by atoms with E-state index in [1.165, 1.54) is 18.5 Å². The highest BCUT2D eigenvalue weighted by Gasteiger charge is 2.36. The van der Waals surface area contributed by atoms with Gasteiger partial charge in [0.2, 0.25) is 0 Å². The van der Waals surface area contributed by atoms with Gasteiger partial charge in [0, 0.05) is 31.9 Å². The van der Waals surface area contributed by atoms with Crippen molar-refractivity contribution in [1.29, 1.82) is 0 Å². The Hall–Kier alpha value is -2.37. The number of morpholine rings is 1. The molecule has 0 aliphatic carbocycles. The number of likely N-dealkylation sites (N-methyl/N-ethyl adjacent to an activating group) is 1. The molecule has 0 radical (unpaired) electrons. The zero-order valence-electron chi connectivity index (χ0n) is 18.1. The van der Waals surface area contributed by atoms with Gasteiger partial charge in [-0.15, -0.1) is 0 Å². The molecule has 2 aromatic carbocycles. The minimum Gasteiger partial charge on any atom is -0.372 e. The summed E-state index contributed by atoms with van der Waals surface area (Å²) in [6.45, 7) is 6.50. The van der Waals surface area contributed by atoms with Gasteiger partial charge in [0.1, 0.15) is 0 Å². The van der Waals surface area contributed by atoms with E-state index in [2.05, 4.69) is 65.5 Å². The Bertz CT molecular complexity index is 816. The van der Waals surface area contributed by atoms with Crippen LogP contribution in [-0.2, 0) is 16.1 Å². The zero-order valence-corrected chi connectivity index (χ0v) is 18.1. The van der Waals surface area contributed by atoms with Crippen molar-refractivity contribution in [2.24, 2.45) is 5.92 Å². The molecule has 2 aromatic rings. The van der Waals surface area contributed by atoms with Crippen molar-refractivity contribution in [3.63, 3.8) is 0 Å². The van der Waals surface area contributed by atoms with Crippen molar-refractivity contribution >= 4 is 11.6 Å². The normalized spacial score (nSPS) is 23.3. The van der Waals surface area contributed by atoms with E-state index in [-0.39, 0.29) is 11.9 Å². The maximum atomic E-state index is 13.0. The average molecular weight is 408 g/mol. The van der Waals surface area contributed by atoms with Gasteiger partial charge in [-0.2, -0.15) is 0 Å². The molecule has 5 heteroatoms. The summed E-state index contributed by atoms with van der Waals surface area (Å²) in [5.41, 5.74) is 3.50. The van der Waals surface area contributed by atoms with E-state index >= 15 is 0 Å². The van der Waals surface area contributed by atoms with Crippen molar-refractivity contribution in [3.8, 4) is 0 Å². The average Bonchev–Trinajstić information content (AvgIpc) is 2.79. The molecule has 5 nitrogen and oxygen atoms in total. The van der Waals surface area contributed by atoms with Crippen LogP contribution in [0.5, 0.6) is 0 Å². The predicted molar refractivity (Wildman–Crippen MR) is 120 cm³/mol. The van der Waals surface area contributed by atoms with Crippen LogP contribution in [0.1, 0.15) is 36.9 Å². The monoisotopic (exact) mass is 407 g/mol. The van der Waals surface area contributed by atoms with Crippen LogP contribution in [0.25, 0.3) is 0 Å². The van der Waals surface area contributed by atoms with Crippen molar-refractivity contribution in [2.75, 3.05) is 38.2 Å². The van der Waals surface area contributed by atoms with Crippen molar-refractivity contribution in [1.82, 2.24) is 10.2 Å². The van der Waals surface area contributed by atoms with Crippen LogP contribution in [0.3, 0.4) is 0 Å². The molecule has 2 unspecified atom stereocenters. The first-order valence-electron chi connectivity index (χ1n) is 11.1. The van der Waals surface area contributed by atoms with E-state index in [1.807, 2.05) is 18.2 Å². The number of ether oxygens (including phenoxy) is 1. The van der Waals surface area contributed by atoms with E-state index in [1.54, 1.807) is 0 Å². The first-order chi connectivity index (χ1) is 14.6. The van der Waals surface area contributed by atoms with Gasteiger partial charge in [-0.3, -0.25) is 9.69 Å². The lowest BCUT2D eigenvalue weighted by atomic mass is 9.97. The number of nitrogens with zero attached hydrogens (tertiary/aromatic N) is 2. The van der Waals surface area contributed by atoms with Crippen LogP contribution in [0.15, 0.2) is 54.6 Å². The molecule has 160 valence electrons. The Morgan fingerprint density at radius 2 is 1.73 bits per heavy atom. The largest absolute Gasteiger partial charge is 0.372 e. The molecule has 0 bridgehead atoms. The smallest absolute Gasteiger partial charge is 0.251 e. The summed E-state index contributed by atoms with van der Waals surface area (Å²) in [5, 5.41) is 3.09. The Morgan fingerprint density at radius 3 is 2.43 bits per heavy atom. The first-order valence-corrected chi connectivity index (χ1v) is 11.1. The molecule has 30 heavy (non-hydrogen) atoms. The number of hydrogen-bond donors (Lipinski definition) is 1. The van der Waals surface area contributed by atoms with Crippen LogP contribution in [0.4, 0.5) is 5.69 Å². The summed E-state index contributed by atoms with van der Waals surface area (Å²) in [6, 6.07) is 18.7. The van der Waals surface area contributed by atoms with Crippen molar-refractivity contribution in [3.05, 3.63) is 65.7 Å². The molecule has 0 aromatic heterocycles. The number of nitrogens with one attached hydrogen (secondary N) is 1. The third-order valence-electron chi connectivity index (χ3n) is 6.45. The molecule has 2 aliphatic rings. The van der Waals surface area contributed by atoms with Gasteiger partial charge in [0.25, 0.3) is 5.91 Å². The molecule has 4 rings (SSSR count). The summed E-state index contributed by atoms with van der Waals surface area (Å²) in [4.78, 5) is 17.6. The third kappa shape index (κ3) is 4.85. The summed E-state index contributed by atoms with van der Waals surface area (Å²) in [5.74, 6) is 0.779. The standard InChI is InChI=1S/C25H33N3O2/c1-19-12-14-28(15-13-19)22-10-8-20(9-11-22)18-26-25(29)24-23(27(2)16-17-30-24)21-6-4-3-5-7-21/h3-11,19,23-24H,12-18H2,1-2H3,(H,26,29). The molecule has 2 fully saturated rings. The van der Waals surface area contributed by atoms with E-state index in [4.69, 9.17) is 4.74 Å². The van der Waals surface area contributed by atoms with E-state index in [0.29, 0.717) is 13.2 Å². The second-order valence-electron chi connectivity index (χ2n) is 8.68. The van der Waals surface area contributed by atoms with Gasteiger partial charge in [-0.25, -0.2) is 0 Å².